The van der Waals surface area contributed by atoms with E-state index in [2.05, 4.69) is 6.08 Å². The highest BCUT2D eigenvalue weighted by molar-refractivity contribution is 6.25. The number of rotatable bonds is 3. The topological polar surface area (TPSA) is 0 Å². The summed E-state index contributed by atoms with van der Waals surface area (Å²) in [5, 5.41) is 0. The van der Waals surface area contributed by atoms with Gasteiger partial charge in [-0.15, -0.1) is 0 Å². The van der Waals surface area contributed by atoms with E-state index in [0.29, 0.717) is 17.4 Å². The van der Waals surface area contributed by atoms with Crippen LogP contribution in [0.3, 0.4) is 0 Å². The van der Waals surface area contributed by atoms with Crippen LogP contribution in [0.25, 0.3) is 0 Å². The fraction of sp³-hybridized carbons (Fsp3) is 0.619. The van der Waals surface area contributed by atoms with E-state index in [9.17, 15) is 17.6 Å². The van der Waals surface area contributed by atoms with Crippen molar-refractivity contribution in [2.75, 3.05) is 0 Å². The maximum absolute atomic E-state index is 13.8. The molecule has 1 aromatic carbocycles. The normalized spacial score (nSPS) is 30.7. The van der Waals surface area contributed by atoms with Crippen LogP contribution in [0.5, 0.6) is 0 Å². The minimum atomic E-state index is -4.63. The van der Waals surface area contributed by atoms with Gasteiger partial charge in [-0.1, -0.05) is 23.7 Å². The van der Waals surface area contributed by atoms with Crippen LogP contribution in [-0.2, 0) is 6.18 Å². The van der Waals surface area contributed by atoms with Gasteiger partial charge in [0.1, 0.15) is 5.82 Å². The number of allylic oxidation sites excluding steroid dienone is 1. The van der Waals surface area contributed by atoms with E-state index >= 15 is 0 Å². The summed E-state index contributed by atoms with van der Waals surface area (Å²) in [4.78, 5) is 0. The fourth-order valence-electron chi connectivity index (χ4n) is 4.85. The summed E-state index contributed by atoms with van der Waals surface area (Å²) in [5.74, 6) is 1.09. The third kappa shape index (κ3) is 4.62. The summed E-state index contributed by atoms with van der Waals surface area (Å²) in [6, 6.07) is 3.44. The molecule has 0 amide bonds. The first-order valence-electron chi connectivity index (χ1n) is 9.52. The molecule has 0 radical (unpaired) electrons. The van der Waals surface area contributed by atoms with Gasteiger partial charge in [-0.05, 0) is 92.7 Å². The minimum absolute atomic E-state index is 0.179. The molecule has 0 bridgehead atoms. The van der Waals surface area contributed by atoms with Crippen molar-refractivity contribution < 1.29 is 17.6 Å². The van der Waals surface area contributed by atoms with Gasteiger partial charge in [-0.25, -0.2) is 4.39 Å². The first kappa shape index (κ1) is 19.7. The molecule has 1 aromatic rings. The standard InChI is InChI=1S/C21H25ClF4/c22-12-11-14-1-3-15(4-2-14)16-5-7-17(8-6-16)18-9-10-19(20(23)13-18)21(24,25)26/h9-17H,1-8H2. The van der Waals surface area contributed by atoms with E-state index in [0.717, 1.165) is 43.7 Å². The molecule has 0 N–H and O–H groups in total. The number of halogens is 5. The lowest BCUT2D eigenvalue weighted by Gasteiger charge is -2.37. The lowest BCUT2D eigenvalue weighted by atomic mass is 9.68. The lowest BCUT2D eigenvalue weighted by molar-refractivity contribution is -0.140. The van der Waals surface area contributed by atoms with Gasteiger partial charge in [-0.2, -0.15) is 13.2 Å². The molecule has 2 fully saturated rings. The molecule has 0 saturated heterocycles. The predicted octanol–water partition coefficient (Wildman–Crippen LogP) is 7.68. The van der Waals surface area contributed by atoms with Crippen molar-refractivity contribution in [3.63, 3.8) is 0 Å². The van der Waals surface area contributed by atoms with Crippen molar-refractivity contribution in [3.05, 3.63) is 46.8 Å². The van der Waals surface area contributed by atoms with Gasteiger partial charge in [-0.3, -0.25) is 0 Å². The van der Waals surface area contributed by atoms with E-state index < -0.39 is 17.6 Å². The lowest BCUT2D eigenvalue weighted by Crippen LogP contribution is -2.25. The Morgan fingerprint density at radius 1 is 0.885 bits per heavy atom. The molecule has 144 valence electrons. The molecule has 2 aliphatic rings. The Morgan fingerprint density at radius 2 is 1.46 bits per heavy atom. The van der Waals surface area contributed by atoms with Crippen molar-refractivity contribution in [2.24, 2.45) is 17.8 Å². The van der Waals surface area contributed by atoms with Gasteiger partial charge in [0.2, 0.25) is 0 Å². The summed E-state index contributed by atoms with van der Waals surface area (Å²) < 4.78 is 51.9. The van der Waals surface area contributed by atoms with E-state index in [1.165, 1.54) is 31.7 Å². The molecular weight excluding hydrogens is 364 g/mol. The highest BCUT2D eigenvalue weighted by Gasteiger charge is 2.35. The van der Waals surface area contributed by atoms with Crippen LogP contribution in [0.15, 0.2) is 29.8 Å². The Hall–Kier alpha value is -1.03. The molecule has 0 aromatic heterocycles. The quantitative estimate of drug-likeness (QED) is 0.466. The third-order valence-electron chi connectivity index (χ3n) is 6.37. The average molecular weight is 389 g/mol. The van der Waals surface area contributed by atoms with Crippen LogP contribution in [-0.4, -0.2) is 0 Å². The molecule has 5 heteroatoms. The van der Waals surface area contributed by atoms with Crippen LogP contribution < -0.4 is 0 Å². The molecule has 2 aliphatic carbocycles. The zero-order chi connectivity index (χ0) is 18.7. The van der Waals surface area contributed by atoms with Crippen molar-refractivity contribution in [3.8, 4) is 0 Å². The number of hydrogen-bond acceptors (Lipinski definition) is 0. The number of alkyl halides is 3. The zero-order valence-electron chi connectivity index (χ0n) is 14.7. The second-order valence-corrected chi connectivity index (χ2v) is 8.09. The van der Waals surface area contributed by atoms with Crippen molar-refractivity contribution >= 4 is 11.6 Å². The van der Waals surface area contributed by atoms with Crippen molar-refractivity contribution in [1.82, 2.24) is 0 Å². The largest absolute Gasteiger partial charge is 0.419 e. The Balaban J connectivity index is 1.55. The van der Waals surface area contributed by atoms with Gasteiger partial charge < -0.3 is 0 Å². The van der Waals surface area contributed by atoms with Gasteiger partial charge in [0, 0.05) is 5.54 Å². The summed E-state index contributed by atoms with van der Waals surface area (Å²) in [6.45, 7) is 0. The van der Waals surface area contributed by atoms with E-state index in [1.807, 2.05) is 0 Å². The van der Waals surface area contributed by atoms with Crippen LogP contribution in [0.1, 0.15) is 68.4 Å². The molecule has 0 unspecified atom stereocenters. The monoisotopic (exact) mass is 388 g/mol. The first-order valence-corrected chi connectivity index (χ1v) is 9.95. The highest BCUT2D eigenvalue weighted by Crippen LogP contribution is 2.44. The number of benzene rings is 1. The molecule has 0 nitrogen and oxygen atoms in total. The fourth-order valence-corrected chi connectivity index (χ4v) is 5.06. The second kappa shape index (κ2) is 8.33. The van der Waals surface area contributed by atoms with E-state index in [-0.39, 0.29) is 5.92 Å². The molecule has 0 spiro atoms. The molecule has 26 heavy (non-hydrogen) atoms. The second-order valence-electron chi connectivity index (χ2n) is 7.84. The zero-order valence-corrected chi connectivity index (χ0v) is 15.5. The first-order chi connectivity index (χ1) is 12.4. The van der Waals surface area contributed by atoms with E-state index in [4.69, 9.17) is 11.6 Å². The van der Waals surface area contributed by atoms with Crippen molar-refractivity contribution in [1.29, 1.82) is 0 Å². The van der Waals surface area contributed by atoms with E-state index in [1.54, 1.807) is 5.54 Å². The molecule has 0 heterocycles. The predicted molar refractivity (Wildman–Crippen MR) is 96.5 cm³/mol. The summed E-state index contributed by atoms with van der Waals surface area (Å²) >= 11 is 5.67. The number of hydrogen-bond donors (Lipinski definition) is 0. The molecule has 2 saturated carbocycles. The average Bonchev–Trinajstić information content (AvgIpc) is 2.62. The Kier molecular flexibility index (Phi) is 6.32. The Morgan fingerprint density at radius 3 is 1.96 bits per heavy atom. The third-order valence-corrected chi connectivity index (χ3v) is 6.52. The Labute approximate surface area is 157 Å². The van der Waals surface area contributed by atoms with Gasteiger partial charge in [0.15, 0.2) is 0 Å². The van der Waals surface area contributed by atoms with Crippen LogP contribution >= 0.6 is 11.6 Å². The minimum Gasteiger partial charge on any atom is -0.206 e. The smallest absolute Gasteiger partial charge is 0.206 e. The van der Waals surface area contributed by atoms with Gasteiger partial charge >= 0.3 is 6.18 Å². The summed E-state index contributed by atoms with van der Waals surface area (Å²) in [6.07, 6.45) is 6.38. The van der Waals surface area contributed by atoms with Gasteiger partial charge in [0.05, 0.1) is 5.56 Å². The van der Waals surface area contributed by atoms with Crippen LogP contribution in [0.4, 0.5) is 17.6 Å². The molecule has 0 atom stereocenters. The summed E-state index contributed by atoms with van der Waals surface area (Å²) in [5.41, 5.74) is 1.17. The Bertz CT molecular complexity index is 621. The van der Waals surface area contributed by atoms with Crippen LogP contribution in [0.2, 0.25) is 0 Å². The van der Waals surface area contributed by atoms with Gasteiger partial charge in [0.25, 0.3) is 0 Å². The maximum atomic E-state index is 13.8. The maximum Gasteiger partial charge on any atom is 0.419 e. The molecule has 0 aliphatic heterocycles. The molecule has 3 rings (SSSR count). The SMILES string of the molecule is Fc1cc(C2CCC(C3CCC(C=CCl)CC3)CC2)ccc1C(F)(F)F. The van der Waals surface area contributed by atoms with Crippen LogP contribution in [0, 0.1) is 23.6 Å². The molecular formula is C21H25ClF4. The summed E-state index contributed by atoms with van der Waals surface area (Å²) in [7, 11) is 0. The highest BCUT2D eigenvalue weighted by atomic mass is 35.5. The van der Waals surface area contributed by atoms with Crippen molar-refractivity contribution in [2.45, 2.75) is 63.5 Å².